The molecule has 0 aromatic heterocycles. The quantitative estimate of drug-likeness (QED) is 0.223. The molecule has 26 heavy (non-hydrogen) atoms. The second kappa shape index (κ2) is 11.8. The monoisotopic (exact) mass is 454 g/mol. The molecule has 0 rings (SSSR count). The first-order chi connectivity index (χ1) is 12.0. The minimum Gasteiger partial charge on any atom is -0.322 e. The van der Waals surface area contributed by atoms with E-state index in [-0.39, 0.29) is 0 Å². The van der Waals surface area contributed by atoms with Gasteiger partial charge in [0.15, 0.2) is 0 Å². The number of hydrogen-bond donors (Lipinski definition) is 1. The minimum absolute atomic E-state index is 0.472. The molecule has 158 valence electrons. The van der Waals surface area contributed by atoms with Crippen LogP contribution in [-0.4, -0.2) is 27.0 Å². The molecular weight excluding hydrogens is 421 g/mol. The molecule has 0 bridgehead atoms. The molecule has 0 aromatic rings. The van der Waals surface area contributed by atoms with Gasteiger partial charge in [-0.2, -0.15) is 0 Å². The molecule has 0 heterocycles. The van der Waals surface area contributed by atoms with Gasteiger partial charge in [0, 0.05) is 0 Å². The van der Waals surface area contributed by atoms with Gasteiger partial charge >= 0.3 is 19.0 Å². The van der Waals surface area contributed by atoms with Crippen LogP contribution in [-0.2, 0) is 22.7 Å². The van der Waals surface area contributed by atoms with Crippen LogP contribution in [0.3, 0.4) is 0 Å². The van der Waals surface area contributed by atoms with Crippen LogP contribution < -0.4 is 0 Å². The summed E-state index contributed by atoms with van der Waals surface area (Å²) in [5.74, 6) is 0. The van der Waals surface area contributed by atoms with E-state index in [1.807, 2.05) is 27.7 Å². The fraction of sp³-hybridized carbons (Fsp3) is 1.00. The lowest BCUT2D eigenvalue weighted by molar-refractivity contribution is 0.101. The van der Waals surface area contributed by atoms with Crippen LogP contribution in [0.1, 0.15) is 80.1 Å². The second-order valence-corrected chi connectivity index (χ2v) is 12.9. The van der Waals surface area contributed by atoms with Crippen LogP contribution >= 0.6 is 38.4 Å². The standard InChI is InChI=1S/C16H34Cl2O6P2/c1-7-13(8-2)22-25(19,20)16(17,18)26(21,23-14(9-3)10-4)24-15(11-5)12-6/h13-15H,7-12H2,1-6H3,(H,19,20). The summed E-state index contributed by atoms with van der Waals surface area (Å²) in [6.45, 7) is 11.0. The van der Waals surface area contributed by atoms with Gasteiger partial charge in [-0.1, -0.05) is 64.7 Å². The van der Waals surface area contributed by atoms with E-state index in [1.54, 1.807) is 13.8 Å². The Morgan fingerprint density at radius 1 is 0.731 bits per heavy atom. The maximum Gasteiger partial charge on any atom is 0.379 e. The van der Waals surface area contributed by atoms with Crippen LogP contribution in [0, 0.1) is 0 Å². The first-order valence-electron chi connectivity index (χ1n) is 9.34. The molecular formula is C16H34Cl2O6P2. The third-order valence-corrected chi connectivity index (χ3v) is 11.4. The number of halogens is 2. The summed E-state index contributed by atoms with van der Waals surface area (Å²) < 4.78 is 40.2. The SMILES string of the molecule is CCC(CC)OP(=O)(O)C(Cl)(Cl)P(=O)(OC(CC)CC)OC(CC)CC. The van der Waals surface area contributed by atoms with E-state index in [4.69, 9.17) is 36.8 Å². The lowest BCUT2D eigenvalue weighted by atomic mass is 10.2. The predicted octanol–water partition coefficient (Wildman–Crippen LogP) is 7.07. The molecule has 0 aliphatic rings. The van der Waals surface area contributed by atoms with Crippen LogP contribution in [0.5, 0.6) is 0 Å². The summed E-state index contributed by atoms with van der Waals surface area (Å²) in [5.41, 5.74) is 0. The maximum absolute atomic E-state index is 13.6. The molecule has 10 heteroatoms. The van der Waals surface area contributed by atoms with Gasteiger partial charge in [-0.3, -0.25) is 9.13 Å². The number of hydrogen-bond acceptors (Lipinski definition) is 5. The predicted molar refractivity (Wildman–Crippen MR) is 108 cm³/mol. The third kappa shape index (κ3) is 6.74. The molecule has 0 aromatic carbocycles. The van der Waals surface area contributed by atoms with Gasteiger partial charge in [-0.15, -0.1) is 0 Å². The van der Waals surface area contributed by atoms with E-state index in [0.717, 1.165) is 0 Å². The highest BCUT2D eigenvalue weighted by Crippen LogP contribution is 2.81. The molecule has 0 aliphatic heterocycles. The lowest BCUT2D eigenvalue weighted by Crippen LogP contribution is -2.27. The molecule has 1 N–H and O–H groups in total. The topological polar surface area (TPSA) is 82.1 Å². The number of rotatable bonds is 14. The first kappa shape index (κ1) is 26.9. The van der Waals surface area contributed by atoms with Crippen molar-refractivity contribution in [3.8, 4) is 0 Å². The largest absolute Gasteiger partial charge is 0.379 e. The van der Waals surface area contributed by atoms with E-state index >= 15 is 0 Å². The highest BCUT2D eigenvalue weighted by Gasteiger charge is 2.64. The van der Waals surface area contributed by atoms with Crippen LogP contribution in [0.2, 0.25) is 0 Å². The Hall–Kier alpha value is 0.880. The molecule has 0 fully saturated rings. The summed E-state index contributed by atoms with van der Waals surface area (Å²) >= 11 is 12.4. The average Bonchev–Trinajstić information content (AvgIpc) is 2.61. The Balaban J connectivity index is 5.95. The maximum atomic E-state index is 13.6. The molecule has 1 atom stereocenters. The van der Waals surface area contributed by atoms with E-state index < -0.39 is 37.3 Å². The molecule has 0 spiro atoms. The smallest absolute Gasteiger partial charge is 0.322 e. The molecule has 0 radical (unpaired) electrons. The molecule has 0 saturated heterocycles. The summed E-state index contributed by atoms with van der Waals surface area (Å²) in [6, 6.07) is 0. The zero-order valence-corrected chi connectivity index (χ0v) is 19.9. The van der Waals surface area contributed by atoms with Crippen molar-refractivity contribution in [2.24, 2.45) is 0 Å². The minimum atomic E-state index is -4.74. The van der Waals surface area contributed by atoms with E-state index in [2.05, 4.69) is 0 Å². The van der Waals surface area contributed by atoms with E-state index in [0.29, 0.717) is 38.5 Å². The van der Waals surface area contributed by atoms with Gasteiger partial charge in [-0.05, 0) is 38.5 Å². The zero-order valence-electron chi connectivity index (χ0n) is 16.6. The first-order valence-corrected chi connectivity index (χ1v) is 13.2. The van der Waals surface area contributed by atoms with Crippen molar-refractivity contribution in [2.75, 3.05) is 0 Å². The highest BCUT2D eigenvalue weighted by molar-refractivity contribution is 7.79. The summed E-state index contributed by atoms with van der Waals surface area (Å²) in [7, 11) is -9.15. The van der Waals surface area contributed by atoms with Gasteiger partial charge in [0.05, 0.1) is 18.3 Å². The zero-order chi connectivity index (χ0) is 20.6. The third-order valence-electron chi connectivity index (χ3n) is 4.27. The van der Waals surface area contributed by atoms with Crippen molar-refractivity contribution in [3.05, 3.63) is 0 Å². The molecule has 1 unspecified atom stereocenters. The molecule has 0 amide bonds. The Morgan fingerprint density at radius 3 is 1.27 bits per heavy atom. The normalized spacial score (nSPS) is 15.8. The summed E-state index contributed by atoms with van der Waals surface area (Å²) in [4.78, 5) is 10.5. The Bertz CT molecular complexity index is 473. The summed E-state index contributed by atoms with van der Waals surface area (Å²) in [5, 5.41) is 0. The van der Waals surface area contributed by atoms with E-state index in [9.17, 15) is 14.0 Å². The van der Waals surface area contributed by atoms with Crippen LogP contribution in [0.4, 0.5) is 0 Å². The molecule has 0 saturated carbocycles. The average molecular weight is 455 g/mol. The second-order valence-electron chi connectivity index (χ2n) is 6.16. The van der Waals surface area contributed by atoms with Crippen molar-refractivity contribution >= 4 is 38.4 Å². The van der Waals surface area contributed by atoms with Gasteiger partial charge in [-0.25, -0.2) is 0 Å². The van der Waals surface area contributed by atoms with Crippen molar-refractivity contribution in [3.63, 3.8) is 0 Å². The Kier molecular flexibility index (Phi) is 12.2. The van der Waals surface area contributed by atoms with E-state index in [1.165, 1.54) is 0 Å². The van der Waals surface area contributed by atoms with Gasteiger partial charge in [0.1, 0.15) is 0 Å². The Morgan fingerprint density at radius 2 is 1.00 bits per heavy atom. The summed E-state index contributed by atoms with van der Waals surface area (Å²) in [6.07, 6.45) is 1.59. The molecule has 6 nitrogen and oxygen atoms in total. The van der Waals surface area contributed by atoms with Gasteiger partial charge < -0.3 is 18.5 Å². The Labute approximate surface area is 168 Å². The van der Waals surface area contributed by atoms with Crippen molar-refractivity contribution in [1.29, 1.82) is 0 Å². The lowest BCUT2D eigenvalue weighted by Gasteiger charge is -2.36. The van der Waals surface area contributed by atoms with Crippen LogP contribution in [0.25, 0.3) is 0 Å². The van der Waals surface area contributed by atoms with Crippen LogP contribution in [0.15, 0.2) is 0 Å². The fourth-order valence-corrected chi connectivity index (χ4v) is 7.17. The number of alkyl halides is 2. The van der Waals surface area contributed by atoms with Crippen molar-refractivity contribution < 1.29 is 27.6 Å². The molecule has 0 aliphatic carbocycles. The van der Waals surface area contributed by atoms with Gasteiger partial charge in [0.25, 0.3) is 0 Å². The van der Waals surface area contributed by atoms with Crippen molar-refractivity contribution in [2.45, 2.75) is 102 Å². The highest BCUT2D eigenvalue weighted by atomic mass is 35.5. The van der Waals surface area contributed by atoms with Gasteiger partial charge in [0.2, 0.25) is 0 Å². The van der Waals surface area contributed by atoms with Crippen molar-refractivity contribution in [1.82, 2.24) is 0 Å². The fourth-order valence-electron chi connectivity index (χ4n) is 2.28.